The van der Waals surface area contributed by atoms with Crippen LogP contribution in [0.4, 0.5) is 17.3 Å². The number of rotatable bonds is 5. The van der Waals surface area contributed by atoms with Gasteiger partial charge in [0.05, 0.1) is 28.7 Å². The first-order valence-electron chi connectivity index (χ1n) is 11.2. The highest BCUT2D eigenvalue weighted by atomic mass is 35.5. The van der Waals surface area contributed by atoms with Gasteiger partial charge in [-0.3, -0.25) is 14.4 Å². The van der Waals surface area contributed by atoms with Gasteiger partial charge in [-0.15, -0.1) is 0 Å². The first kappa shape index (κ1) is 25.3. The minimum Gasteiger partial charge on any atom is -0.354 e. The van der Waals surface area contributed by atoms with Crippen molar-refractivity contribution in [1.82, 2.24) is 19.9 Å². The SMILES string of the molecule is CC(=O)N1CCCN(c2cnc(C(=O)Nc3ccc(Cl)cc3C(=O)Nc3ccc(Cl)cn3)cn2)CC1. The molecule has 3 amide bonds. The summed E-state index contributed by atoms with van der Waals surface area (Å²) in [6, 6.07) is 7.69. The van der Waals surface area contributed by atoms with E-state index < -0.39 is 11.8 Å². The molecule has 2 N–H and O–H groups in total. The normalized spacial score (nSPS) is 13.6. The second-order valence-electron chi connectivity index (χ2n) is 8.07. The van der Waals surface area contributed by atoms with Gasteiger partial charge in [-0.1, -0.05) is 23.2 Å². The van der Waals surface area contributed by atoms with Crippen LogP contribution in [0, 0.1) is 0 Å². The van der Waals surface area contributed by atoms with Gasteiger partial charge in [-0.2, -0.15) is 0 Å². The maximum absolute atomic E-state index is 12.9. The summed E-state index contributed by atoms with van der Waals surface area (Å²) in [6.07, 6.45) is 5.13. The van der Waals surface area contributed by atoms with Crippen LogP contribution >= 0.6 is 23.2 Å². The van der Waals surface area contributed by atoms with Gasteiger partial charge in [0.2, 0.25) is 5.91 Å². The lowest BCUT2D eigenvalue weighted by atomic mass is 10.1. The van der Waals surface area contributed by atoms with Crippen LogP contribution < -0.4 is 15.5 Å². The highest BCUT2D eigenvalue weighted by Gasteiger charge is 2.20. The Hall–Kier alpha value is -3.76. The zero-order valence-electron chi connectivity index (χ0n) is 19.4. The molecule has 0 aliphatic carbocycles. The van der Waals surface area contributed by atoms with Gasteiger partial charge in [0.1, 0.15) is 17.3 Å². The maximum Gasteiger partial charge on any atom is 0.275 e. The summed E-state index contributed by atoms with van der Waals surface area (Å²) in [7, 11) is 0. The van der Waals surface area contributed by atoms with Crippen molar-refractivity contribution in [2.24, 2.45) is 0 Å². The van der Waals surface area contributed by atoms with Crippen LogP contribution in [0.3, 0.4) is 0 Å². The molecule has 12 heteroatoms. The summed E-state index contributed by atoms with van der Waals surface area (Å²) in [5.74, 6) is -0.0739. The number of nitrogens with zero attached hydrogens (tertiary/aromatic N) is 5. The molecule has 0 saturated carbocycles. The molecular weight excluding hydrogens is 505 g/mol. The molecule has 1 aromatic carbocycles. The number of amides is 3. The molecule has 0 spiro atoms. The molecule has 10 nitrogen and oxygen atoms in total. The Bertz CT molecular complexity index is 1270. The van der Waals surface area contributed by atoms with Gasteiger partial charge in [0, 0.05) is 44.3 Å². The highest BCUT2D eigenvalue weighted by molar-refractivity contribution is 6.31. The Morgan fingerprint density at radius 1 is 0.833 bits per heavy atom. The van der Waals surface area contributed by atoms with E-state index in [0.29, 0.717) is 41.3 Å². The van der Waals surface area contributed by atoms with E-state index >= 15 is 0 Å². The molecule has 0 bridgehead atoms. The molecule has 1 fully saturated rings. The molecule has 0 radical (unpaired) electrons. The smallest absolute Gasteiger partial charge is 0.275 e. The Morgan fingerprint density at radius 2 is 1.64 bits per heavy atom. The molecule has 2 aromatic heterocycles. The monoisotopic (exact) mass is 527 g/mol. The number of anilines is 3. The average Bonchev–Trinajstić information content (AvgIpc) is 3.13. The number of hydrogen-bond acceptors (Lipinski definition) is 7. The standard InChI is InChI=1S/C24H23Cl2N7O3/c1-15(34)32-7-2-8-33(10-9-32)22-14-27-20(13-29-22)24(36)30-19-5-3-16(25)11-18(19)23(35)31-21-6-4-17(26)12-28-21/h3-6,11-14H,2,7-10H2,1H3,(H,30,36)(H,28,31,35). The average molecular weight is 528 g/mol. The second kappa shape index (κ2) is 11.3. The second-order valence-corrected chi connectivity index (χ2v) is 8.94. The third-order valence-corrected chi connectivity index (χ3v) is 6.04. The fraction of sp³-hybridized carbons (Fsp3) is 0.250. The van der Waals surface area contributed by atoms with Crippen molar-refractivity contribution in [3.05, 3.63) is 70.2 Å². The fourth-order valence-electron chi connectivity index (χ4n) is 3.70. The molecule has 3 aromatic rings. The summed E-state index contributed by atoms with van der Waals surface area (Å²) in [5.41, 5.74) is 0.481. The third kappa shape index (κ3) is 6.27. The summed E-state index contributed by atoms with van der Waals surface area (Å²) in [4.78, 5) is 53.9. The molecular formula is C24H23Cl2N7O3. The van der Waals surface area contributed by atoms with Crippen LogP contribution in [-0.4, -0.2) is 63.8 Å². The molecule has 1 saturated heterocycles. The first-order chi connectivity index (χ1) is 17.3. The largest absolute Gasteiger partial charge is 0.354 e. The van der Waals surface area contributed by atoms with Gasteiger partial charge in [-0.25, -0.2) is 15.0 Å². The maximum atomic E-state index is 12.9. The molecule has 1 aliphatic rings. The topological polar surface area (TPSA) is 120 Å². The van der Waals surface area contributed by atoms with Crippen LogP contribution in [0.25, 0.3) is 0 Å². The number of nitrogens with one attached hydrogen (secondary N) is 2. The van der Waals surface area contributed by atoms with Crippen LogP contribution in [0.2, 0.25) is 10.0 Å². The minimum absolute atomic E-state index is 0.0506. The van der Waals surface area contributed by atoms with Gasteiger partial charge >= 0.3 is 0 Å². The van der Waals surface area contributed by atoms with Crippen LogP contribution in [0.15, 0.2) is 48.9 Å². The highest BCUT2D eigenvalue weighted by Crippen LogP contribution is 2.23. The predicted molar refractivity (Wildman–Crippen MR) is 138 cm³/mol. The van der Waals surface area contributed by atoms with Crippen molar-refractivity contribution in [3.63, 3.8) is 0 Å². The summed E-state index contributed by atoms with van der Waals surface area (Å²) < 4.78 is 0. The molecule has 4 rings (SSSR count). The van der Waals surface area contributed by atoms with E-state index in [4.69, 9.17) is 23.2 Å². The molecule has 36 heavy (non-hydrogen) atoms. The van der Waals surface area contributed by atoms with E-state index in [1.807, 2.05) is 4.90 Å². The summed E-state index contributed by atoms with van der Waals surface area (Å²) in [6.45, 7) is 4.23. The van der Waals surface area contributed by atoms with Crippen LogP contribution in [0.5, 0.6) is 0 Å². The van der Waals surface area contributed by atoms with Crippen molar-refractivity contribution < 1.29 is 14.4 Å². The molecule has 0 atom stereocenters. The fourth-order valence-corrected chi connectivity index (χ4v) is 3.98. The number of carbonyl (C=O) groups is 3. The van der Waals surface area contributed by atoms with E-state index in [9.17, 15) is 14.4 Å². The number of hydrogen-bond donors (Lipinski definition) is 2. The summed E-state index contributed by atoms with van der Waals surface area (Å²) >= 11 is 11.9. The van der Waals surface area contributed by atoms with Crippen LogP contribution in [0.1, 0.15) is 34.2 Å². The lowest BCUT2D eigenvalue weighted by molar-refractivity contribution is -0.128. The predicted octanol–water partition coefficient (Wildman–Crippen LogP) is 3.74. The number of halogens is 2. The zero-order chi connectivity index (χ0) is 25.7. The van der Waals surface area contributed by atoms with E-state index in [2.05, 4.69) is 25.6 Å². The van der Waals surface area contributed by atoms with E-state index in [1.165, 1.54) is 30.7 Å². The van der Waals surface area contributed by atoms with Crippen molar-refractivity contribution in [3.8, 4) is 0 Å². The quantitative estimate of drug-likeness (QED) is 0.518. The number of benzene rings is 1. The van der Waals surface area contributed by atoms with Gasteiger partial charge in [0.15, 0.2) is 0 Å². The zero-order valence-corrected chi connectivity index (χ0v) is 20.9. The Kier molecular flexibility index (Phi) is 7.97. The molecule has 186 valence electrons. The van der Waals surface area contributed by atoms with Crippen LogP contribution in [-0.2, 0) is 4.79 Å². The Morgan fingerprint density at radius 3 is 2.33 bits per heavy atom. The van der Waals surface area contributed by atoms with Crippen molar-refractivity contribution >= 4 is 58.2 Å². The van der Waals surface area contributed by atoms with Gasteiger partial charge in [-0.05, 0) is 36.8 Å². The van der Waals surface area contributed by atoms with Crippen molar-refractivity contribution in [2.45, 2.75) is 13.3 Å². The number of carbonyl (C=O) groups excluding carboxylic acids is 3. The third-order valence-electron chi connectivity index (χ3n) is 5.58. The van der Waals surface area contributed by atoms with E-state index in [-0.39, 0.29) is 22.9 Å². The van der Waals surface area contributed by atoms with Gasteiger partial charge in [0.25, 0.3) is 11.8 Å². The number of pyridine rings is 1. The molecule has 0 unspecified atom stereocenters. The first-order valence-corrected chi connectivity index (χ1v) is 11.9. The molecule has 1 aliphatic heterocycles. The Balaban J connectivity index is 1.45. The lowest BCUT2D eigenvalue weighted by Crippen LogP contribution is -2.34. The minimum atomic E-state index is -0.534. The lowest BCUT2D eigenvalue weighted by Gasteiger charge is -2.22. The van der Waals surface area contributed by atoms with E-state index in [1.54, 1.807) is 30.0 Å². The van der Waals surface area contributed by atoms with Gasteiger partial charge < -0.3 is 20.4 Å². The summed E-state index contributed by atoms with van der Waals surface area (Å²) in [5, 5.41) is 6.11. The Labute approximate surface area is 217 Å². The molecule has 3 heterocycles. The van der Waals surface area contributed by atoms with Crippen molar-refractivity contribution in [1.29, 1.82) is 0 Å². The van der Waals surface area contributed by atoms with E-state index in [0.717, 1.165) is 13.0 Å². The van der Waals surface area contributed by atoms with Crippen molar-refractivity contribution in [2.75, 3.05) is 41.7 Å². The number of aromatic nitrogens is 3.